The topological polar surface area (TPSA) is 75.7 Å². The summed E-state index contributed by atoms with van der Waals surface area (Å²) in [6.45, 7) is 1.58. The molecule has 1 fully saturated rings. The lowest BCUT2D eigenvalue weighted by atomic mass is 10.1. The van der Waals surface area contributed by atoms with Crippen LogP contribution in [0.2, 0.25) is 0 Å². The van der Waals surface area contributed by atoms with Crippen LogP contribution in [-0.2, 0) is 19.1 Å². The van der Waals surface area contributed by atoms with Crippen LogP contribution in [0, 0.1) is 11.7 Å². The van der Waals surface area contributed by atoms with Crippen molar-refractivity contribution in [3.05, 3.63) is 66.0 Å². The Morgan fingerprint density at radius 2 is 1.86 bits per heavy atom. The van der Waals surface area contributed by atoms with E-state index in [-0.39, 0.29) is 24.9 Å². The van der Waals surface area contributed by atoms with Gasteiger partial charge in [-0.1, -0.05) is 30.3 Å². The van der Waals surface area contributed by atoms with Gasteiger partial charge in [0.1, 0.15) is 5.82 Å². The number of carbonyl (C=O) groups is 3. The van der Waals surface area contributed by atoms with Gasteiger partial charge in [-0.05, 0) is 36.8 Å². The van der Waals surface area contributed by atoms with Crippen LogP contribution in [0.15, 0.2) is 54.6 Å². The first kappa shape index (κ1) is 19.5. The van der Waals surface area contributed by atoms with Crippen molar-refractivity contribution in [2.75, 3.05) is 18.1 Å². The van der Waals surface area contributed by atoms with E-state index in [9.17, 15) is 18.8 Å². The standard InChI is InChI=1S/C21H21FN2O4/c1-14(15-5-3-2-4-6-15)23-19(25)13-28-21(27)16-11-20(26)24(12-16)18-9-7-17(22)8-10-18/h2-10,14,16H,11-13H2,1H3,(H,23,25)/t14-,16-/m0/s1. The predicted octanol–water partition coefficient (Wildman–Crippen LogP) is 2.60. The van der Waals surface area contributed by atoms with E-state index in [2.05, 4.69) is 5.32 Å². The molecule has 1 heterocycles. The van der Waals surface area contributed by atoms with Gasteiger partial charge in [-0.3, -0.25) is 14.4 Å². The highest BCUT2D eigenvalue weighted by Crippen LogP contribution is 2.26. The van der Waals surface area contributed by atoms with Crippen LogP contribution in [0.3, 0.4) is 0 Å². The lowest BCUT2D eigenvalue weighted by Gasteiger charge is -2.17. The minimum absolute atomic E-state index is 0.00174. The van der Waals surface area contributed by atoms with Crippen LogP contribution < -0.4 is 10.2 Å². The van der Waals surface area contributed by atoms with Crippen molar-refractivity contribution in [1.29, 1.82) is 0 Å². The van der Waals surface area contributed by atoms with Crippen molar-refractivity contribution in [2.45, 2.75) is 19.4 Å². The Morgan fingerprint density at radius 1 is 1.18 bits per heavy atom. The maximum atomic E-state index is 13.0. The molecular weight excluding hydrogens is 363 g/mol. The van der Waals surface area contributed by atoms with Gasteiger partial charge in [0.15, 0.2) is 6.61 Å². The fourth-order valence-corrected chi connectivity index (χ4v) is 3.10. The molecule has 0 spiro atoms. The number of carbonyl (C=O) groups excluding carboxylic acids is 3. The minimum atomic E-state index is -0.656. The summed E-state index contributed by atoms with van der Waals surface area (Å²) in [6, 6.07) is 14.7. The fraction of sp³-hybridized carbons (Fsp3) is 0.286. The van der Waals surface area contributed by atoms with Gasteiger partial charge >= 0.3 is 5.97 Å². The summed E-state index contributed by atoms with van der Waals surface area (Å²) in [6.07, 6.45) is -0.00174. The number of amides is 2. The Hall–Kier alpha value is -3.22. The molecule has 0 radical (unpaired) electrons. The molecule has 1 aliphatic heterocycles. The first-order chi connectivity index (χ1) is 13.4. The zero-order valence-corrected chi connectivity index (χ0v) is 15.4. The molecule has 0 aromatic heterocycles. The molecule has 1 N–H and O–H groups in total. The van der Waals surface area contributed by atoms with Crippen molar-refractivity contribution >= 4 is 23.5 Å². The van der Waals surface area contributed by atoms with E-state index in [4.69, 9.17) is 4.74 Å². The second-order valence-electron chi connectivity index (χ2n) is 6.69. The van der Waals surface area contributed by atoms with Crippen molar-refractivity contribution < 1.29 is 23.5 Å². The third-order valence-corrected chi connectivity index (χ3v) is 4.62. The van der Waals surface area contributed by atoms with E-state index in [0.29, 0.717) is 5.69 Å². The number of rotatable bonds is 6. The molecule has 1 saturated heterocycles. The number of benzene rings is 2. The van der Waals surface area contributed by atoms with Gasteiger partial charge in [0.2, 0.25) is 5.91 Å². The highest BCUT2D eigenvalue weighted by atomic mass is 19.1. The monoisotopic (exact) mass is 384 g/mol. The minimum Gasteiger partial charge on any atom is -0.455 e. The lowest BCUT2D eigenvalue weighted by molar-refractivity contribution is -0.152. The molecule has 2 aromatic rings. The van der Waals surface area contributed by atoms with E-state index in [1.807, 2.05) is 37.3 Å². The molecule has 6 nitrogen and oxygen atoms in total. The Morgan fingerprint density at radius 3 is 2.54 bits per heavy atom. The number of halogens is 1. The van der Waals surface area contributed by atoms with Crippen molar-refractivity contribution in [3.8, 4) is 0 Å². The highest BCUT2D eigenvalue weighted by Gasteiger charge is 2.36. The smallest absolute Gasteiger partial charge is 0.311 e. The summed E-state index contributed by atoms with van der Waals surface area (Å²) < 4.78 is 18.1. The molecule has 0 unspecified atom stereocenters. The first-order valence-corrected chi connectivity index (χ1v) is 9.01. The summed E-state index contributed by atoms with van der Waals surface area (Å²) in [5.41, 5.74) is 1.47. The van der Waals surface area contributed by atoms with Crippen LogP contribution in [0.25, 0.3) is 0 Å². The molecule has 7 heteroatoms. The highest BCUT2D eigenvalue weighted by molar-refractivity contribution is 5.99. The van der Waals surface area contributed by atoms with Gasteiger partial charge in [-0.15, -0.1) is 0 Å². The van der Waals surface area contributed by atoms with Crippen molar-refractivity contribution in [3.63, 3.8) is 0 Å². The lowest BCUT2D eigenvalue weighted by Crippen LogP contribution is -2.32. The summed E-state index contributed by atoms with van der Waals surface area (Å²) in [5, 5.41) is 2.76. The van der Waals surface area contributed by atoms with E-state index in [1.165, 1.54) is 29.2 Å². The SMILES string of the molecule is C[C@H](NC(=O)COC(=O)[C@H]1CC(=O)N(c2ccc(F)cc2)C1)c1ccccc1. The van der Waals surface area contributed by atoms with Crippen LogP contribution in [0.4, 0.5) is 10.1 Å². The number of hydrogen-bond acceptors (Lipinski definition) is 4. The molecule has 1 aliphatic rings. The van der Waals surface area contributed by atoms with Gasteiger partial charge < -0.3 is 15.0 Å². The van der Waals surface area contributed by atoms with E-state index < -0.39 is 30.2 Å². The van der Waals surface area contributed by atoms with Gasteiger partial charge in [0, 0.05) is 18.7 Å². The normalized spacial score (nSPS) is 17.3. The largest absolute Gasteiger partial charge is 0.455 e. The van der Waals surface area contributed by atoms with Crippen LogP contribution in [-0.4, -0.2) is 30.9 Å². The Kier molecular flexibility index (Phi) is 6.03. The number of hydrogen-bond donors (Lipinski definition) is 1. The number of nitrogens with zero attached hydrogens (tertiary/aromatic N) is 1. The molecule has 2 aromatic carbocycles. The third kappa shape index (κ3) is 4.73. The molecule has 2 amide bonds. The van der Waals surface area contributed by atoms with Gasteiger partial charge in [0.25, 0.3) is 5.91 Å². The van der Waals surface area contributed by atoms with E-state index in [0.717, 1.165) is 5.56 Å². The molecule has 0 aliphatic carbocycles. The van der Waals surface area contributed by atoms with Crippen molar-refractivity contribution in [1.82, 2.24) is 5.32 Å². The molecule has 2 atom stereocenters. The maximum absolute atomic E-state index is 13.0. The summed E-state index contributed by atoms with van der Waals surface area (Å²) in [5.74, 6) is -2.31. The Labute approximate surface area is 162 Å². The van der Waals surface area contributed by atoms with Gasteiger partial charge in [0.05, 0.1) is 12.0 Å². The number of esters is 1. The summed E-state index contributed by atoms with van der Waals surface area (Å²) in [7, 11) is 0. The number of anilines is 1. The van der Waals surface area contributed by atoms with Crippen molar-refractivity contribution in [2.24, 2.45) is 5.92 Å². The molecule has 28 heavy (non-hydrogen) atoms. The second-order valence-corrected chi connectivity index (χ2v) is 6.69. The number of ether oxygens (including phenoxy) is 1. The Balaban J connectivity index is 1.49. The van der Waals surface area contributed by atoms with Crippen LogP contribution >= 0.6 is 0 Å². The van der Waals surface area contributed by atoms with E-state index >= 15 is 0 Å². The molecule has 146 valence electrons. The summed E-state index contributed by atoms with van der Waals surface area (Å²) in [4.78, 5) is 37.8. The molecule has 3 rings (SSSR count). The molecule has 0 bridgehead atoms. The second kappa shape index (κ2) is 8.65. The molecular formula is C21H21FN2O4. The van der Waals surface area contributed by atoms with Crippen LogP contribution in [0.5, 0.6) is 0 Å². The average Bonchev–Trinajstić information content (AvgIpc) is 3.09. The van der Waals surface area contributed by atoms with E-state index in [1.54, 1.807) is 0 Å². The molecule has 0 saturated carbocycles. The first-order valence-electron chi connectivity index (χ1n) is 9.01. The number of nitrogens with one attached hydrogen (secondary N) is 1. The zero-order chi connectivity index (χ0) is 20.1. The Bertz CT molecular complexity index is 854. The zero-order valence-electron chi connectivity index (χ0n) is 15.4. The van der Waals surface area contributed by atoms with Crippen LogP contribution in [0.1, 0.15) is 24.9 Å². The van der Waals surface area contributed by atoms with Gasteiger partial charge in [-0.2, -0.15) is 0 Å². The summed E-state index contributed by atoms with van der Waals surface area (Å²) >= 11 is 0. The van der Waals surface area contributed by atoms with Gasteiger partial charge in [-0.25, -0.2) is 4.39 Å². The quantitative estimate of drug-likeness (QED) is 0.777. The average molecular weight is 384 g/mol. The predicted molar refractivity (Wildman–Crippen MR) is 101 cm³/mol. The maximum Gasteiger partial charge on any atom is 0.311 e. The third-order valence-electron chi connectivity index (χ3n) is 4.62. The fourth-order valence-electron chi connectivity index (χ4n) is 3.10.